The molecule has 1 aromatic carbocycles. The third-order valence-corrected chi connectivity index (χ3v) is 5.90. The number of nitrogens with one attached hydrogen (secondary N) is 2. The van der Waals surface area contributed by atoms with E-state index in [-0.39, 0.29) is 17.9 Å². The number of hydrogen-bond acceptors (Lipinski definition) is 4. The van der Waals surface area contributed by atoms with Crippen LogP contribution in [0.4, 0.5) is 5.69 Å². The normalized spacial score (nSPS) is 18.3. The molecule has 29 heavy (non-hydrogen) atoms. The summed E-state index contributed by atoms with van der Waals surface area (Å²) in [5.41, 5.74) is 4.14. The minimum absolute atomic E-state index is 0.0736. The van der Waals surface area contributed by atoms with Gasteiger partial charge in [-0.05, 0) is 63.1 Å². The lowest BCUT2D eigenvalue weighted by molar-refractivity contribution is 0.0853. The van der Waals surface area contributed by atoms with Crippen LogP contribution in [0.3, 0.4) is 0 Å². The van der Waals surface area contributed by atoms with Crippen molar-refractivity contribution < 1.29 is 14.3 Å². The second-order valence-corrected chi connectivity index (χ2v) is 7.89. The van der Waals surface area contributed by atoms with Crippen molar-refractivity contribution in [2.45, 2.75) is 58.6 Å². The first-order valence-corrected chi connectivity index (χ1v) is 10.4. The summed E-state index contributed by atoms with van der Waals surface area (Å²) in [7, 11) is 0. The Bertz CT molecular complexity index is 928. The first kappa shape index (κ1) is 19.6. The van der Waals surface area contributed by atoms with Gasteiger partial charge in [0, 0.05) is 25.4 Å². The van der Waals surface area contributed by atoms with Crippen molar-refractivity contribution >= 4 is 17.5 Å². The zero-order valence-electron chi connectivity index (χ0n) is 17.1. The average Bonchev–Trinajstić information content (AvgIpc) is 3.37. The van der Waals surface area contributed by atoms with E-state index in [1.54, 1.807) is 0 Å². The first-order chi connectivity index (χ1) is 14.0. The molecule has 0 bridgehead atoms. The highest BCUT2D eigenvalue weighted by Crippen LogP contribution is 2.23. The molecule has 2 amide bonds. The van der Waals surface area contributed by atoms with Gasteiger partial charge in [-0.3, -0.25) is 9.59 Å². The molecule has 0 aliphatic carbocycles. The first-order valence-electron chi connectivity index (χ1n) is 10.4. The Morgan fingerprint density at radius 3 is 2.86 bits per heavy atom. The molecule has 7 heteroatoms. The Kier molecular flexibility index (Phi) is 5.67. The van der Waals surface area contributed by atoms with Gasteiger partial charge in [0.1, 0.15) is 5.69 Å². The molecule has 3 heterocycles. The Balaban J connectivity index is 1.56. The molecule has 2 aromatic rings. The van der Waals surface area contributed by atoms with Crippen LogP contribution in [0.25, 0.3) is 0 Å². The molecule has 0 spiro atoms. The smallest absolute Gasteiger partial charge is 0.291 e. The fourth-order valence-electron chi connectivity index (χ4n) is 4.06. The quantitative estimate of drug-likeness (QED) is 0.814. The van der Waals surface area contributed by atoms with Gasteiger partial charge in [-0.2, -0.15) is 0 Å². The van der Waals surface area contributed by atoms with Gasteiger partial charge in [0.25, 0.3) is 11.8 Å². The summed E-state index contributed by atoms with van der Waals surface area (Å²) in [4.78, 5) is 30.3. The maximum absolute atomic E-state index is 13.0. The van der Waals surface area contributed by atoms with Crippen LogP contribution in [0.15, 0.2) is 18.2 Å². The minimum atomic E-state index is -0.278. The molecule has 1 saturated heterocycles. The highest BCUT2D eigenvalue weighted by molar-refractivity contribution is 6.04. The Morgan fingerprint density at radius 1 is 1.21 bits per heavy atom. The summed E-state index contributed by atoms with van der Waals surface area (Å²) < 4.78 is 7.49. The van der Waals surface area contributed by atoms with E-state index in [0.29, 0.717) is 24.6 Å². The van der Waals surface area contributed by atoms with Crippen LogP contribution < -0.4 is 10.6 Å². The predicted molar refractivity (Wildman–Crippen MR) is 110 cm³/mol. The van der Waals surface area contributed by atoms with Crippen LogP contribution in [0.1, 0.15) is 63.6 Å². The summed E-state index contributed by atoms with van der Waals surface area (Å²) in [5, 5.41) is 5.91. The van der Waals surface area contributed by atoms with Gasteiger partial charge in [-0.1, -0.05) is 12.1 Å². The number of anilines is 1. The van der Waals surface area contributed by atoms with Crippen molar-refractivity contribution in [1.82, 2.24) is 14.9 Å². The van der Waals surface area contributed by atoms with E-state index in [1.165, 1.54) is 0 Å². The van der Waals surface area contributed by atoms with E-state index in [9.17, 15) is 9.59 Å². The Hall–Kier alpha value is -2.67. The average molecular weight is 396 g/mol. The standard InChI is InChI=1S/C22H28N4O3/c1-14-7-5-9-17(15(14)2)24-22(28)20-25-19(18-10-3-4-11-26(18)20)21(27)23-13-16-8-6-12-29-16/h5,7,9,16H,3-4,6,8,10-13H2,1-2H3,(H,23,27)(H,24,28). The molecule has 1 unspecified atom stereocenters. The summed E-state index contributed by atoms with van der Waals surface area (Å²) >= 11 is 0. The molecule has 0 radical (unpaired) electrons. The summed E-state index contributed by atoms with van der Waals surface area (Å²) in [6.07, 6.45) is 4.80. The van der Waals surface area contributed by atoms with Crippen molar-refractivity contribution in [3.63, 3.8) is 0 Å². The van der Waals surface area contributed by atoms with E-state index >= 15 is 0 Å². The highest BCUT2D eigenvalue weighted by atomic mass is 16.5. The number of imidazole rings is 1. The molecule has 1 fully saturated rings. The molecule has 1 aromatic heterocycles. The largest absolute Gasteiger partial charge is 0.376 e. The molecule has 7 nitrogen and oxygen atoms in total. The van der Waals surface area contributed by atoms with Gasteiger partial charge in [0.15, 0.2) is 5.82 Å². The fourth-order valence-corrected chi connectivity index (χ4v) is 4.06. The third kappa shape index (κ3) is 4.05. The number of rotatable bonds is 5. The van der Waals surface area contributed by atoms with Crippen LogP contribution in [-0.4, -0.2) is 40.6 Å². The molecular weight excluding hydrogens is 368 g/mol. The number of aryl methyl sites for hydroxylation is 1. The lowest BCUT2D eigenvalue weighted by Crippen LogP contribution is -2.32. The monoisotopic (exact) mass is 396 g/mol. The van der Waals surface area contributed by atoms with Crippen LogP contribution in [0.5, 0.6) is 0 Å². The topological polar surface area (TPSA) is 85.2 Å². The van der Waals surface area contributed by atoms with Gasteiger partial charge in [-0.25, -0.2) is 4.98 Å². The number of fused-ring (bicyclic) bond motifs is 1. The maximum Gasteiger partial charge on any atom is 0.291 e. The van der Waals surface area contributed by atoms with Crippen LogP contribution in [0.2, 0.25) is 0 Å². The fraction of sp³-hybridized carbons (Fsp3) is 0.500. The Morgan fingerprint density at radius 2 is 2.07 bits per heavy atom. The molecule has 2 aliphatic rings. The zero-order valence-corrected chi connectivity index (χ0v) is 17.1. The second-order valence-electron chi connectivity index (χ2n) is 7.89. The van der Waals surface area contributed by atoms with Crippen LogP contribution >= 0.6 is 0 Å². The number of aromatic nitrogens is 2. The molecule has 4 rings (SSSR count). The highest BCUT2D eigenvalue weighted by Gasteiger charge is 2.28. The zero-order chi connectivity index (χ0) is 20.4. The SMILES string of the molecule is Cc1cccc(NC(=O)c2nc(C(=O)NCC3CCCO3)c3n2CCCC3)c1C. The minimum Gasteiger partial charge on any atom is -0.376 e. The Labute approximate surface area is 170 Å². The van der Waals surface area contributed by atoms with E-state index in [2.05, 4.69) is 15.6 Å². The van der Waals surface area contributed by atoms with Crippen molar-refractivity contribution in [2.24, 2.45) is 0 Å². The summed E-state index contributed by atoms with van der Waals surface area (Å²) in [6.45, 7) is 5.93. The van der Waals surface area contributed by atoms with Gasteiger partial charge in [-0.15, -0.1) is 0 Å². The molecular formula is C22H28N4O3. The summed E-state index contributed by atoms with van der Waals surface area (Å²) in [6, 6.07) is 5.82. The number of carbonyl (C=O) groups is 2. The van der Waals surface area contributed by atoms with E-state index < -0.39 is 0 Å². The molecule has 2 N–H and O–H groups in total. The second kappa shape index (κ2) is 8.37. The van der Waals surface area contributed by atoms with Crippen molar-refractivity contribution in [2.75, 3.05) is 18.5 Å². The lowest BCUT2D eigenvalue weighted by atomic mass is 10.1. The molecule has 0 saturated carbocycles. The van der Waals surface area contributed by atoms with Gasteiger partial charge >= 0.3 is 0 Å². The van der Waals surface area contributed by atoms with E-state index in [1.807, 2.05) is 36.6 Å². The number of amides is 2. The van der Waals surface area contributed by atoms with Crippen LogP contribution in [0, 0.1) is 13.8 Å². The number of nitrogens with zero attached hydrogens (tertiary/aromatic N) is 2. The number of ether oxygens (including phenoxy) is 1. The van der Waals surface area contributed by atoms with Gasteiger partial charge in [0.05, 0.1) is 11.8 Å². The van der Waals surface area contributed by atoms with Crippen molar-refractivity contribution in [1.29, 1.82) is 0 Å². The van der Waals surface area contributed by atoms with E-state index in [0.717, 1.165) is 61.2 Å². The third-order valence-electron chi connectivity index (χ3n) is 5.90. The predicted octanol–water partition coefficient (Wildman–Crippen LogP) is 3.00. The summed E-state index contributed by atoms with van der Waals surface area (Å²) in [5.74, 6) is -0.195. The van der Waals surface area contributed by atoms with Crippen molar-refractivity contribution in [3.8, 4) is 0 Å². The lowest BCUT2D eigenvalue weighted by Gasteiger charge is -2.17. The van der Waals surface area contributed by atoms with Crippen LogP contribution in [-0.2, 0) is 17.7 Å². The maximum atomic E-state index is 13.0. The molecule has 1 atom stereocenters. The number of hydrogen-bond donors (Lipinski definition) is 2. The van der Waals surface area contributed by atoms with Crippen molar-refractivity contribution in [3.05, 3.63) is 46.5 Å². The van der Waals surface area contributed by atoms with Gasteiger partial charge < -0.3 is 19.9 Å². The molecule has 2 aliphatic heterocycles. The number of carbonyl (C=O) groups excluding carboxylic acids is 2. The van der Waals surface area contributed by atoms with E-state index in [4.69, 9.17) is 4.74 Å². The van der Waals surface area contributed by atoms with Gasteiger partial charge in [0.2, 0.25) is 0 Å². The molecule has 154 valence electrons. The number of benzene rings is 1.